The molecule has 0 aliphatic carbocycles. The van der Waals surface area contributed by atoms with Crippen LogP contribution in [0.25, 0.3) is 0 Å². The molecule has 1 rings (SSSR count). The zero-order valence-electron chi connectivity index (χ0n) is 13.4. The highest BCUT2D eigenvalue weighted by atomic mass is 32.2. The van der Waals surface area contributed by atoms with Crippen molar-refractivity contribution < 1.29 is 8.42 Å². The molecule has 1 atom stereocenters. The molecule has 0 saturated heterocycles. The summed E-state index contributed by atoms with van der Waals surface area (Å²) in [7, 11) is -1.71. The predicted molar refractivity (Wildman–Crippen MR) is 93.7 cm³/mol. The fourth-order valence-electron chi connectivity index (χ4n) is 1.77. The van der Waals surface area contributed by atoms with Crippen LogP contribution >= 0.6 is 23.1 Å². The van der Waals surface area contributed by atoms with E-state index in [0.717, 1.165) is 17.1 Å². The lowest BCUT2D eigenvalue weighted by atomic mass is 10.3. The first-order chi connectivity index (χ1) is 9.78. The van der Waals surface area contributed by atoms with E-state index in [9.17, 15) is 8.42 Å². The molecule has 0 spiro atoms. The molecule has 0 amide bonds. The number of hydrogen-bond donors (Lipinski definition) is 1. The number of nitrogens with zero attached hydrogens (tertiary/aromatic N) is 1. The Morgan fingerprint density at radius 3 is 2.62 bits per heavy atom. The molecule has 1 unspecified atom stereocenters. The van der Waals surface area contributed by atoms with Crippen molar-refractivity contribution in [2.75, 3.05) is 19.1 Å². The molecular formula is C14H26N2O2S3. The van der Waals surface area contributed by atoms with Gasteiger partial charge in [0.15, 0.2) is 0 Å². The van der Waals surface area contributed by atoms with Crippen molar-refractivity contribution in [3.63, 3.8) is 0 Å². The molecule has 1 aromatic rings. The summed E-state index contributed by atoms with van der Waals surface area (Å²) in [6.07, 6.45) is 2.90. The van der Waals surface area contributed by atoms with E-state index in [4.69, 9.17) is 0 Å². The van der Waals surface area contributed by atoms with Crippen LogP contribution in [-0.2, 0) is 16.6 Å². The van der Waals surface area contributed by atoms with Crippen molar-refractivity contribution in [2.24, 2.45) is 0 Å². The van der Waals surface area contributed by atoms with Crippen molar-refractivity contribution >= 4 is 33.1 Å². The molecule has 122 valence electrons. The molecule has 4 nitrogen and oxygen atoms in total. The molecular weight excluding hydrogens is 324 g/mol. The molecule has 0 fully saturated rings. The fourth-order valence-corrected chi connectivity index (χ4v) is 4.95. The van der Waals surface area contributed by atoms with E-state index in [0.29, 0.717) is 17.5 Å². The maximum atomic E-state index is 12.6. The van der Waals surface area contributed by atoms with Crippen LogP contribution in [-0.4, -0.2) is 43.9 Å². The van der Waals surface area contributed by atoms with Gasteiger partial charge >= 0.3 is 0 Å². The van der Waals surface area contributed by atoms with Crippen LogP contribution in [0.2, 0.25) is 0 Å². The molecule has 0 saturated carbocycles. The number of thioether (sulfide) groups is 1. The minimum absolute atomic E-state index is 0.0135. The van der Waals surface area contributed by atoms with Crippen molar-refractivity contribution in [1.29, 1.82) is 0 Å². The minimum atomic E-state index is -3.38. The first kappa shape index (κ1) is 19.0. The average Bonchev–Trinajstić information content (AvgIpc) is 2.91. The summed E-state index contributed by atoms with van der Waals surface area (Å²) in [4.78, 5) is 1.46. The zero-order chi connectivity index (χ0) is 16.0. The summed E-state index contributed by atoms with van der Waals surface area (Å²) in [5.74, 6) is 0.966. The van der Waals surface area contributed by atoms with Crippen LogP contribution in [0.15, 0.2) is 16.3 Å². The lowest BCUT2D eigenvalue weighted by molar-refractivity contribution is 0.382. The summed E-state index contributed by atoms with van der Waals surface area (Å²) < 4.78 is 26.7. The molecule has 0 aliphatic rings. The predicted octanol–water partition coefficient (Wildman–Crippen LogP) is 3.01. The van der Waals surface area contributed by atoms with Crippen LogP contribution < -0.4 is 5.32 Å². The van der Waals surface area contributed by atoms with Gasteiger partial charge in [-0.1, -0.05) is 13.8 Å². The largest absolute Gasteiger partial charge is 0.310 e. The second kappa shape index (κ2) is 8.53. The smallest absolute Gasteiger partial charge is 0.243 e. The van der Waals surface area contributed by atoms with Crippen molar-refractivity contribution in [3.05, 3.63) is 16.3 Å². The molecule has 0 radical (unpaired) electrons. The Morgan fingerprint density at radius 1 is 1.38 bits per heavy atom. The van der Waals surface area contributed by atoms with Crippen LogP contribution in [0.5, 0.6) is 0 Å². The summed E-state index contributed by atoms with van der Waals surface area (Å²) in [6.45, 7) is 6.82. The Labute approximate surface area is 137 Å². The van der Waals surface area contributed by atoms with Gasteiger partial charge in [-0.2, -0.15) is 16.1 Å². The minimum Gasteiger partial charge on any atom is -0.310 e. The maximum Gasteiger partial charge on any atom is 0.243 e. The number of rotatable bonds is 9. The van der Waals surface area contributed by atoms with Crippen molar-refractivity contribution in [3.8, 4) is 0 Å². The van der Waals surface area contributed by atoms with Gasteiger partial charge in [0, 0.05) is 35.9 Å². The van der Waals surface area contributed by atoms with E-state index in [1.54, 1.807) is 30.3 Å². The van der Waals surface area contributed by atoms with Gasteiger partial charge in [0.1, 0.15) is 0 Å². The Morgan fingerprint density at radius 2 is 2.05 bits per heavy atom. The normalized spacial score (nSPS) is 14.0. The molecule has 0 aromatic carbocycles. The first-order valence-corrected chi connectivity index (χ1v) is 10.8. The van der Waals surface area contributed by atoms with Gasteiger partial charge in [0.25, 0.3) is 0 Å². The van der Waals surface area contributed by atoms with Crippen LogP contribution in [0.3, 0.4) is 0 Å². The molecule has 1 N–H and O–H groups in total. The van der Waals surface area contributed by atoms with Gasteiger partial charge in [-0.25, -0.2) is 8.42 Å². The molecule has 0 bridgehead atoms. The van der Waals surface area contributed by atoms with Gasteiger partial charge in [-0.05, 0) is 31.4 Å². The van der Waals surface area contributed by atoms with Crippen molar-refractivity contribution in [1.82, 2.24) is 9.62 Å². The lowest BCUT2D eigenvalue weighted by Gasteiger charge is -2.23. The first-order valence-electron chi connectivity index (χ1n) is 7.06. The molecule has 1 aromatic heterocycles. The van der Waals surface area contributed by atoms with Gasteiger partial charge in [-0.3, -0.25) is 0 Å². The van der Waals surface area contributed by atoms with E-state index in [1.807, 2.05) is 13.2 Å². The third kappa shape index (κ3) is 5.56. The molecule has 0 aliphatic heterocycles. The number of hydrogen-bond acceptors (Lipinski definition) is 5. The third-order valence-corrected chi connectivity index (χ3v) is 7.03. The third-order valence-electron chi connectivity index (χ3n) is 3.35. The molecule has 7 heteroatoms. The Kier molecular flexibility index (Phi) is 7.70. The number of nitrogens with one attached hydrogen (secondary N) is 1. The summed E-state index contributed by atoms with van der Waals surface area (Å²) in [5, 5.41) is 5.05. The van der Waals surface area contributed by atoms with E-state index in [1.165, 1.54) is 15.6 Å². The molecule has 21 heavy (non-hydrogen) atoms. The number of sulfonamides is 1. The van der Waals surface area contributed by atoms with Crippen molar-refractivity contribution in [2.45, 2.75) is 50.7 Å². The summed E-state index contributed by atoms with van der Waals surface area (Å²) >= 11 is 3.23. The summed E-state index contributed by atoms with van der Waals surface area (Å²) in [5.41, 5.74) is 0. The average molecular weight is 351 g/mol. The quantitative estimate of drug-likeness (QED) is 0.744. The monoisotopic (exact) mass is 350 g/mol. The van der Waals surface area contributed by atoms with E-state index >= 15 is 0 Å². The topological polar surface area (TPSA) is 49.4 Å². The SMILES string of the molecule is CSCCC(C)N(C)S(=O)(=O)c1csc(CNC(C)C)c1. The van der Waals surface area contributed by atoms with E-state index in [2.05, 4.69) is 19.2 Å². The second-order valence-corrected chi connectivity index (χ2v) is 9.41. The lowest BCUT2D eigenvalue weighted by Crippen LogP contribution is -2.35. The standard InChI is InChI=1S/C14H26N2O2S3/c1-11(2)15-9-13-8-14(10-20-13)21(17,18)16(4)12(3)6-7-19-5/h8,10-12,15H,6-7,9H2,1-5H3. The Hall–Kier alpha value is -0.0800. The highest BCUT2D eigenvalue weighted by Crippen LogP contribution is 2.24. The number of thiophene rings is 1. The van der Waals surface area contributed by atoms with E-state index < -0.39 is 10.0 Å². The van der Waals surface area contributed by atoms with Gasteiger partial charge < -0.3 is 5.32 Å². The highest BCUT2D eigenvalue weighted by Gasteiger charge is 2.26. The summed E-state index contributed by atoms with van der Waals surface area (Å²) in [6, 6.07) is 2.19. The highest BCUT2D eigenvalue weighted by molar-refractivity contribution is 7.98. The van der Waals surface area contributed by atoms with Gasteiger partial charge in [0.05, 0.1) is 4.90 Å². The van der Waals surface area contributed by atoms with Crippen LogP contribution in [0.4, 0.5) is 0 Å². The Bertz CT molecular complexity index is 526. The van der Waals surface area contributed by atoms with Gasteiger partial charge in [0.2, 0.25) is 10.0 Å². The Balaban J connectivity index is 2.78. The fraction of sp³-hybridized carbons (Fsp3) is 0.714. The maximum absolute atomic E-state index is 12.6. The van der Waals surface area contributed by atoms with Crippen LogP contribution in [0, 0.1) is 0 Å². The zero-order valence-corrected chi connectivity index (χ0v) is 15.9. The van der Waals surface area contributed by atoms with Gasteiger partial charge in [-0.15, -0.1) is 11.3 Å². The van der Waals surface area contributed by atoms with E-state index in [-0.39, 0.29) is 6.04 Å². The second-order valence-electron chi connectivity index (χ2n) is 5.44. The molecule has 1 heterocycles. The van der Waals surface area contributed by atoms with Crippen LogP contribution in [0.1, 0.15) is 32.1 Å².